The van der Waals surface area contributed by atoms with Crippen LogP contribution in [0.25, 0.3) is 0 Å². The maximum atomic E-state index is 12.3. The zero-order chi connectivity index (χ0) is 16.1. The van der Waals surface area contributed by atoms with Gasteiger partial charge in [0.25, 0.3) is 11.8 Å². The quantitative estimate of drug-likeness (QED) is 0.869. The molecular formula is C15H16N4O3S. The summed E-state index contributed by atoms with van der Waals surface area (Å²) in [7, 11) is 0. The van der Waals surface area contributed by atoms with Gasteiger partial charge >= 0.3 is 0 Å². The van der Waals surface area contributed by atoms with E-state index >= 15 is 0 Å². The summed E-state index contributed by atoms with van der Waals surface area (Å²) in [6, 6.07) is 1.69. The molecule has 2 aromatic rings. The van der Waals surface area contributed by atoms with Crippen LogP contribution in [0.1, 0.15) is 33.0 Å². The molecule has 23 heavy (non-hydrogen) atoms. The van der Waals surface area contributed by atoms with E-state index in [1.165, 1.54) is 29.9 Å². The summed E-state index contributed by atoms with van der Waals surface area (Å²) < 4.78 is 5.48. The number of rotatable bonds is 5. The molecule has 8 heteroatoms. The predicted octanol–water partition coefficient (Wildman–Crippen LogP) is 1.70. The van der Waals surface area contributed by atoms with Crippen molar-refractivity contribution in [2.75, 3.05) is 18.5 Å². The molecule has 0 spiro atoms. The minimum Gasteiger partial charge on any atom is -0.376 e. The molecule has 7 nitrogen and oxygen atoms in total. The first-order valence-corrected chi connectivity index (χ1v) is 8.16. The third-order valence-corrected chi connectivity index (χ3v) is 4.34. The lowest BCUT2D eigenvalue weighted by atomic mass is 10.2. The van der Waals surface area contributed by atoms with Crippen molar-refractivity contribution in [3.63, 3.8) is 0 Å². The van der Waals surface area contributed by atoms with Crippen molar-refractivity contribution in [2.45, 2.75) is 18.9 Å². The summed E-state index contributed by atoms with van der Waals surface area (Å²) in [6.07, 6.45) is 6.37. The smallest absolute Gasteiger partial charge is 0.275 e. The van der Waals surface area contributed by atoms with Crippen molar-refractivity contribution in [3.05, 3.63) is 40.6 Å². The summed E-state index contributed by atoms with van der Waals surface area (Å²) >= 11 is 1.27. The Morgan fingerprint density at radius 1 is 1.35 bits per heavy atom. The number of aromatic nitrogens is 2. The highest BCUT2D eigenvalue weighted by atomic mass is 32.1. The lowest BCUT2D eigenvalue weighted by Crippen LogP contribution is -2.31. The van der Waals surface area contributed by atoms with Crippen LogP contribution in [-0.4, -0.2) is 41.0 Å². The topological polar surface area (TPSA) is 93.2 Å². The Balaban J connectivity index is 1.62. The zero-order valence-corrected chi connectivity index (χ0v) is 13.1. The van der Waals surface area contributed by atoms with Gasteiger partial charge in [0.15, 0.2) is 0 Å². The van der Waals surface area contributed by atoms with E-state index in [-0.39, 0.29) is 17.7 Å². The number of nitrogens with zero attached hydrogens (tertiary/aromatic N) is 2. The van der Waals surface area contributed by atoms with Crippen LogP contribution < -0.4 is 10.6 Å². The van der Waals surface area contributed by atoms with Crippen molar-refractivity contribution < 1.29 is 14.3 Å². The van der Waals surface area contributed by atoms with E-state index < -0.39 is 5.91 Å². The molecule has 1 atom stereocenters. The monoisotopic (exact) mass is 332 g/mol. The fourth-order valence-electron chi connectivity index (χ4n) is 2.28. The van der Waals surface area contributed by atoms with Gasteiger partial charge in [-0.1, -0.05) is 0 Å². The van der Waals surface area contributed by atoms with Gasteiger partial charge in [0, 0.05) is 25.5 Å². The maximum absolute atomic E-state index is 12.3. The van der Waals surface area contributed by atoms with Crippen LogP contribution in [0.5, 0.6) is 0 Å². The molecule has 0 radical (unpaired) electrons. The summed E-state index contributed by atoms with van der Waals surface area (Å²) in [5.41, 5.74) is 0.667. The number of hydrogen-bond acceptors (Lipinski definition) is 6. The summed E-state index contributed by atoms with van der Waals surface area (Å²) in [5, 5.41) is 7.30. The molecule has 0 saturated carbocycles. The lowest BCUT2D eigenvalue weighted by molar-refractivity contribution is 0.0861. The number of ether oxygens (including phenoxy) is 1. The Morgan fingerprint density at radius 3 is 3.00 bits per heavy atom. The van der Waals surface area contributed by atoms with Crippen LogP contribution in [0.15, 0.2) is 30.0 Å². The number of thiophene rings is 1. The molecule has 0 bridgehead atoms. The van der Waals surface area contributed by atoms with Gasteiger partial charge in [-0.15, -0.1) is 11.3 Å². The van der Waals surface area contributed by atoms with Crippen LogP contribution in [0.2, 0.25) is 0 Å². The standard InChI is InChI=1S/C15H16N4O3S/c20-14(12-9-16-4-5-17-12)19-11-3-7-23-13(11)15(21)18-8-10-2-1-6-22-10/h3-5,7,9-10H,1-2,6,8H2,(H,18,21)(H,19,20)/t10-/m1/s1. The van der Waals surface area contributed by atoms with Crippen LogP contribution in [0.4, 0.5) is 5.69 Å². The average Bonchev–Trinajstić information content (AvgIpc) is 3.25. The van der Waals surface area contributed by atoms with E-state index in [1.54, 1.807) is 11.4 Å². The molecule has 0 aliphatic carbocycles. The largest absolute Gasteiger partial charge is 0.376 e. The molecule has 0 unspecified atom stereocenters. The second-order valence-electron chi connectivity index (χ2n) is 5.05. The van der Waals surface area contributed by atoms with Crippen molar-refractivity contribution >= 4 is 28.8 Å². The van der Waals surface area contributed by atoms with Crippen LogP contribution >= 0.6 is 11.3 Å². The first-order chi connectivity index (χ1) is 11.2. The van der Waals surface area contributed by atoms with Crippen molar-refractivity contribution in [1.82, 2.24) is 15.3 Å². The molecule has 1 saturated heterocycles. The van der Waals surface area contributed by atoms with Crippen molar-refractivity contribution in [3.8, 4) is 0 Å². The first-order valence-electron chi connectivity index (χ1n) is 7.28. The molecule has 2 aromatic heterocycles. The number of carbonyl (C=O) groups is 2. The SMILES string of the molecule is O=C(Nc1ccsc1C(=O)NC[C@H]1CCCO1)c1cnccn1. The number of hydrogen-bond donors (Lipinski definition) is 2. The highest BCUT2D eigenvalue weighted by Crippen LogP contribution is 2.23. The molecule has 1 aliphatic heterocycles. The Labute approximate surface area is 137 Å². The van der Waals surface area contributed by atoms with Gasteiger partial charge in [0.2, 0.25) is 0 Å². The molecule has 3 rings (SSSR count). The van der Waals surface area contributed by atoms with Gasteiger partial charge in [0.1, 0.15) is 10.6 Å². The van der Waals surface area contributed by atoms with Crippen molar-refractivity contribution in [2.24, 2.45) is 0 Å². The minimum absolute atomic E-state index is 0.0801. The maximum Gasteiger partial charge on any atom is 0.275 e. The fraction of sp³-hybridized carbons (Fsp3) is 0.333. The zero-order valence-electron chi connectivity index (χ0n) is 12.3. The van der Waals surface area contributed by atoms with E-state index in [0.29, 0.717) is 17.1 Å². The fourth-order valence-corrected chi connectivity index (χ4v) is 3.04. The van der Waals surface area contributed by atoms with Gasteiger partial charge in [-0.3, -0.25) is 14.6 Å². The van der Waals surface area contributed by atoms with E-state index in [0.717, 1.165) is 19.4 Å². The molecular weight excluding hydrogens is 316 g/mol. The number of amides is 2. The van der Waals surface area contributed by atoms with E-state index in [4.69, 9.17) is 4.74 Å². The van der Waals surface area contributed by atoms with Crippen molar-refractivity contribution in [1.29, 1.82) is 0 Å². The lowest BCUT2D eigenvalue weighted by Gasteiger charge is -2.11. The Bertz CT molecular complexity index is 683. The molecule has 1 fully saturated rings. The normalized spacial score (nSPS) is 17.0. The molecule has 0 aromatic carbocycles. The van der Waals surface area contributed by atoms with Gasteiger partial charge in [-0.25, -0.2) is 4.98 Å². The summed E-state index contributed by atoms with van der Waals surface area (Å²) in [6.45, 7) is 1.23. The van der Waals surface area contributed by atoms with E-state index in [9.17, 15) is 9.59 Å². The van der Waals surface area contributed by atoms with Gasteiger partial charge in [-0.2, -0.15) is 0 Å². The third-order valence-electron chi connectivity index (χ3n) is 3.43. The van der Waals surface area contributed by atoms with E-state index in [1.807, 2.05) is 0 Å². The second-order valence-corrected chi connectivity index (χ2v) is 5.97. The Hall–Kier alpha value is -2.32. The highest BCUT2D eigenvalue weighted by Gasteiger charge is 2.20. The molecule has 2 N–H and O–H groups in total. The van der Waals surface area contributed by atoms with Gasteiger partial charge in [0.05, 0.1) is 18.0 Å². The molecule has 2 amide bonds. The van der Waals surface area contributed by atoms with Crippen LogP contribution in [0.3, 0.4) is 0 Å². The minimum atomic E-state index is -0.398. The number of nitrogens with one attached hydrogen (secondary N) is 2. The van der Waals surface area contributed by atoms with Crippen LogP contribution in [-0.2, 0) is 4.74 Å². The first kappa shape index (κ1) is 15.6. The number of carbonyl (C=O) groups excluding carboxylic acids is 2. The van der Waals surface area contributed by atoms with E-state index in [2.05, 4.69) is 20.6 Å². The highest BCUT2D eigenvalue weighted by molar-refractivity contribution is 7.12. The molecule has 120 valence electrons. The summed E-state index contributed by atoms with van der Waals surface area (Å²) in [5.74, 6) is -0.616. The summed E-state index contributed by atoms with van der Waals surface area (Å²) in [4.78, 5) is 32.6. The number of anilines is 1. The third kappa shape index (κ3) is 3.91. The second kappa shape index (κ2) is 7.30. The van der Waals surface area contributed by atoms with Gasteiger partial charge < -0.3 is 15.4 Å². The predicted molar refractivity (Wildman–Crippen MR) is 85.6 cm³/mol. The Morgan fingerprint density at radius 2 is 2.26 bits per heavy atom. The molecule has 1 aliphatic rings. The average molecular weight is 332 g/mol. The molecule has 3 heterocycles. The van der Waals surface area contributed by atoms with Crippen LogP contribution in [0, 0.1) is 0 Å². The Kier molecular flexibility index (Phi) is 4.94. The van der Waals surface area contributed by atoms with Gasteiger partial charge in [-0.05, 0) is 24.3 Å².